The number of halogens is 2. The molecule has 0 aromatic carbocycles. The molecule has 8 heavy (non-hydrogen) atoms. The van der Waals surface area contributed by atoms with Gasteiger partial charge in [0.05, 0.1) is 3.38 Å². The van der Waals surface area contributed by atoms with Crippen LogP contribution < -0.4 is 0 Å². The Labute approximate surface area is 70.1 Å². The lowest BCUT2D eigenvalue weighted by Crippen LogP contribution is -1.83. The Morgan fingerprint density at radius 2 is 2.12 bits per heavy atom. The van der Waals surface area contributed by atoms with E-state index in [1.165, 1.54) is 19.3 Å². The fraction of sp³-hybridized carbons (Fsp3) is 1.00. The first kappa shape index (κ1) is 9.02. The van der Waals surface area contributed by atoms with Crippen LogP contribution >= 0.6 is 34.2 Å². The molecule has 0 aliphatic heterocycles. The van der Waals surface area contributed by atoms with Gasteiger partial charge in [0, 0.05) is 0 Å². The largest absolute Gasteiger partial charge is 0.111 e. The van der Waals surface area contributed by atoms with Gasteiger partial charge in [-0.25, -0.2) is 0 Å². The molecule has 0 N–H and O–H groups in total. The Kier molecular flexibility index (Phi) is 6.93. The molecule has 0 saturated heterocycles. The van der Waals surface area contributed by atoms with Crippen LogP contribution in [0.1, 0.15) is 32.6 Å². The number of alkyl halides is 2. The standard InChI is InChI=1S/C6H12ClI/c1-2-3-4-5-6(7)8/h6H,2-5H2,1H3. The molecule has 50 valence electrons. The third-order valence-corrected chi connectivity index (χ3v) is 1.87. The van der Waals surface area contributed by atoms with Crippen LogP contribution in [0, 0.1) is 0 Å². The van der Waals surface area contributed by atoms with Gasteiger partial charge in [0.2, 0.25) is 0 Å². The van der Waals surface area contributed by atoms with Gasteiger partial charge in [-0.05, 0) is 6.42 Å². The topological polar surface area (TPSA) is 0 Å². The summed E-state index contributed by atoms with van der Waals surface area (Å²) in [5.74, 6) is 0. The zero-order valence-electron chi connectivity index (χ0n) is 5.16. The summed E-state index contributed by atoms with van der Waals surface area (Å²) in [4.78, 5) is 0. The van der Waals surface area contributed by atoms with Crippen LogP contribution in [0.15, 0.2) is 0 Å². The van der Waals surface area contributed by atoms with Crippen molar-refractivity contribution < 1.29 is 0 Å². The van der Waals surface area contributed by atoms with Gasteiger partial charge >= 0.3 is 0 Å². The van der Waals surface area contributed by atoms with Crippen LogP contribution in [0.4, 0.5) is 0 Å². The minimum absolute atomic E-state index is 0.346. The first-order valence-corrected chi connectivity index (χ1v) is 4.73. The predicted octanol–water partition coefficient (Wildman–Crippen LogP) is 3.57. The summed E-state index contributed by atoms with van der Waals surface area (Å²) < 4.78 is 0.346. The van der Waals surface area contributed by atoms with Crippen molar-refractivity contribution in [3.05, 3.63) is 0 Å². The Bertz CT molecular complexity index is 45.8. The number of unbranched alkanes of at least 4 members (excludes halogenated alkanes) is 2. The highest BCUT2D eigenvalue weighted by Crippen LogP contribution is 2.14. The van der Waals surface area contributed by atoms with E-state index in [1.54, 1.807) is 0 Å². The molecular formula is C6H12ClI. The lowest BCUT2D eigenvalue weighted by atomic mass is 10.2. The summed E-state index contributed by atoms with van der Waals surface area (Å²) in [6, 6.07) is 0. The van der Waals surface area contributed by atoms with E-state index < -0.39 is 0 Å². The zero-order valence-corrected chi connectivity index (χ0v) is 8.08. The summed E-state index contributed by atoms with van der Waals surface area (Å²) in [6.07, 6.45) is 5.07. The SMILES string of the molecule is CCCCCC(Cl)I. The molecule has 1 unspecified atom stereocenters. The van der Waals surface area contributed by atoms with E-state index in [0.29, 0.717) is 3.38 Å². The summed E-state index contributed by atoms with van der Waals surface area (Å²) >= 11 is 7.95. The molecule has 2 heteroatoms. The summed E-state index contributed by atoms with van der Waals surface area (Å²) in [7, 11) is 0. The molecule has 0 fully saturated rings. The molecule has 0 spiro atoms. The molecule has 0 rings (SSSR count). The lowest BCUT2D eigenvalue weighted by molar-refractivity contribution is 0.700. The quantitative estimate of drug-likeness (QED) is 0.404. The van der Waals surface area contributed by atoms with Gasteiger partial charge in [0.15, 0.2) is 0 Å². The summed E-state index contributed by atoms with van der Waals surface area (Å²) in [6.45, 7) is 2.20. The monoisotopic (exact) mass is 246 g/mol. The second-order valence-electron chi connectivity index (χ2n) is 1.89. The molecule has 0 radical (unpaired) electrons. The Balaban J connectivity index is 2.72. The molecule has 0 aliphatic carbocycles. The fourth-order valence-corrected chi connectivity index (χ4v) is 1.14. The normalized spacial score (nSPS) is 13.9. The second kappa shape index (κ2) is 6.14. The summed E-state index contributed by atoms with van der Waals surface area (Å²) in [5, 5.41) is 0. The van der Waals surface area contributed by atoms with Crippen molar-refractivity contribution in [2.45, 2.75) is 36.0 Å². The highest BCUT2D eigenvalue weighted by Gasteiger charge is 1.94. The van der Waals surface area contributed by atoms with Crippen molar-refractivity contribution in [1.82, 2.24) is 0 Å². The van der Waals surface area contributed by atoms with Crippen molar-refractivity contribution in [3.8, 4) is 0 Å². The van der Waals surface area contributed by atoms with Crippen LogP contribution in [0.3, 0.4) is 0 Å². The third-order valence-electron chi connectivity index (χ3n) is 1.03. The zero-order chi connectivity index (χ0) is 6.41. The molecule has 0 heterocycles. The van der Waals surface area contributed by atoms with Gasteiger partial charge in [0.25, 0.3) is 0 Å². The van der Waals surface area contributed by atoms with Crippen LogP contribution in [0.25, 0.3) is 0 Å². The Morgan fingerprint density at radius 1 is 1.50 bits per heavy atom. The average molecular weight is 247 g/mol. The molecule has 0 aromatic heterocycles. The van der Waals surface area contributed by atoms with E-state index in [2.05, 4.69) is 29.5 Å². The molecule has 0 bridgehead atoms. The van der Waals surface area contributed by atoms with Crippen LogP contribution in [0.5, 0.6) is 0 Å². The van der Waals surface area contributed by atoms with Crippen molar-refractivity contribution in [1.29, 1.82) is 0 Å². The lowest BCUT2D eigenvalue weighted by Gasteiger charge is -1.97. The minimum atomic E-state index is 0.346. The minimum Gasteiger partial charge on any atom is -0.111 e. The van der Waals surface area contributed by atoms with Gasteiger partial charge in [-0.2, -0.15) is 0 Å². The Morgan fingerprint density at radius 3 is 2.50 bits per heavy atom. The number of hydrogen-bond acceptors (Lipinski definition) is 0. The van der Waals surface area contributed by atoms with E-state index in [9.17, 15) is 0 Å². The van der Waals surface area contributed by atoms with E-state index >= 15 is 0 Å². The van der Waals surface area contributed by atoms with E-state index in [-0.39, 0.29) is 0 Å². The number of hydrogen-bond donors (Lipinski definition) is 0. The van der Waals surface area contributed by atoms with Crippen LogP contribution in [0.2, 0.25) is 0 Å². The van der Waals surface area contributed by atoms with Gasteiger partial charge < -0.3 is 0 Å². The smallest absolute Gasteiger partial charge is 0.0850 e. The van der Waals surface area contributed by atoms with Gasteiger partial charge in [-0.1, -0.05) is 48.8 Å². The van der Waals surface area contributed by atoms with Crippen molar-refractivity contribution in [2.75, 3.05) is 0 Å². The Hall–Kier alpha value is 1.02. The van der Waals surface area contributed by atoms with Gasteiger partial charge in [-0.15, -0.1) is 11.6 Å². The van der Waals surface area contributed by atoms with Crippen LogP contribution in [-0.2, 0) is 0 Å². The molecular weight excluding hydrogens is 234 g/mol. The second-order valence-corrected chi connectivity index (χ2v) is 4.65. The molecule has 0 aromatic rings. The van der Waals surface area contributed by atoms with Crippen molar-refractivity contribution >= 4 is 34.2 Å². The maximum atomic E-state index is 5.70. The first-order valence-electron chi connectivity index (χ1n) is 3.05. The molecule has 0 amide bonds. The highest BCUT2D eigenvalue weighted by atomic mass is 127. The van der Waals surface area contributed by atoms with Crippen molar-refractivity contribution in [2.24, 2.45) is 0 Å². The van der Waals surface area contributed by atoms with E-state index in [0.717, 1.165) is 6.42 Å². The maximum Gasteiger partial charge on any atom is 0.0850 e. The average Bonchev–Trinajstić information content (AvgIpc) is 1.66. The van der Waals surface area contributed by atoms with Gasteiger partial charge in [0.1, 0.15) is 0 Å². The summed E-state index contributed by atoms with van der Waals surface area (Å²) in [5.41, 5.74) is 0. The molecule has 0 saturated carbocycles. The van der Waals surface area contributed by atoms with Crippen molar-refractivity contribution in [3.63, 3.8) is 0 Å². The van der Waals surface area contributed by atoms with E-state index in [1.807, 2.05) is 0 Å². The fourth-order valence-electron chi connectivity index (χ4n) is 0.549. The number of rotatable bonds is 4. The third kappa shape index (κ3) is 7.02. The molecule has 1 atom stereocenters. The predicted molar refractivity (Wildman–Crippen MR) is 47.8 cm³/mol. The van der Waals surface area contributed by atoms with E-state index in [4.69, 9.17) is 11.6 Å². The first-order chi connectivity index (χ1) is 3.77. The van der Waals surface area contributed by atoms with Crippen LogP contribution in [-0.4, -0.2) is 3.38 Å². The molecule has 0 aliphatic rings. The maximum absolute atomic E-state index is 5.70. The molecule has 0 nitrogen and oxygen atoms in total. The highest BCUT2D eigenvalue weighted by molar-refractivity contribution is 14.1. The van der Waals surface area contributed by atoms with Gasteiger partial charge in [-0.3, -0.25) is 0 Å².